The second kappa shape index (κ2) is 15.0. The first-order chi connectivity index (χ1) is 20.4. The standard InChI is InChI=1S/C39H51N3/c1-8-13-16-29(6)28-40-38-26-25-37(35-17-14-15-18-36(35)38)39(31-19-21-32(22-20-31)41(9-2)10-3)34-24-23-33(27-30(34)7)42(11-4)12-5/h14-15,17-27,29H,8-13,16,28H2,1-7H3/p+1/b39-37-,40-38?. The second-order valence-corrected chi connectivity index (χ2v) is 11.6. The van der Waals surface area contributed by atoms with Crippen molar-refractivity contribution in [2.45, 2.75) is 67.7 Å². The van der Waals surface area contributed by atoms with Crippen LogP contribution in [0.25, 0.3) is 11.1 Å². The summed E-state index contributed by atoms with van der Waals surface area (Å²) in [5.41, 5.74) is 12.8. The van der Waals surface area contributed by atoms with Crippen LogP contribution >= 0.6 is 0 Å². The Labute approximate surface area is 255 Å². The molecule has 0 saturated carbocycles. The Balaban J connectivity index is 1.88. The number of fused-ring (bicyclic) bond motifs is 1. The van der Waals surface area contributed by atoms with Gasteiger partial charge in [-0.05, 0) is 111 Å². The quantitative estimate of drug-likeness (QED) is 0.228. The van der Waals surface area contributed by atoms with Gasteiger partial charge in [-0.2, -0.15) is 0 Å². The highest BCUT2D eigenvalue weighted by Gasteiger charge is 2.24. The summed E-state index contributed by atoms with van der Waals surface area (Å²) in [6, 6.07) is 25.1. The van der Waals surface area contributed by atoms with Gasteiger partial charge in [-0.3, -0.25) is 0 Å². The molecule has 222 valence electrons. The van der Waals surface area contributed by atoms with E-state index in [2.05, 4.69) is 142 Å². The number of benzene rings is 3. The monoisotopic (exact) mass is 562 g/mol. The zero-order valence-electron chi connectivity index (χ0n) is 27.1. The number of allylic oxidation sites excluding steroid dienone is 3. The Morgan fingerprint density at radius 2 is 1.36 bits per heavy atom. The fourth-order valence-corrected chi connectivity index (χ4v) is 6.21. The van der Waals surface area contributed by atoms with Crippen LogP contribution in [0, 0.1) is 12.8 Å². The van der Waals surface area contributed by atoms with Crippen LogP contribution in [0.3, 0.4) is 0 Å². The Bertz CT molecular complexity index is 1400. The van der Waals surface area contributed by atoms with E-state index in [0.717, 1.165) is 32.7 Å². The van der Waals surface area contributed by atoms with Crippen molar-refractivity contribution >= 4 is 28.2 Å². The van der Waals surface area contributed by atoms with Crippen LogP contribution in [-0.4, -0.2) is 38.4 Å². The smallest absolute Gasteiger partial charge is 0.206 e. The van der Waals surface area contributed by atoms with Crippen molar-refractivity contribution in [1.82, 2.24) is 0 Å². The average Bonchev–Trinajstić information content (AvgIpc) is 3.02. The van der Waals surface area contributed by atoms with Crippen LogP contribution in [0.2, 0.25) is 0 Å². The maximum absolute atomic E-state index is 3.80. The minimum absolute atomic E-state index is 0.654. The number of nitrogens with one attached hydrogen (secondary N) is 1. The molecule has 3 aromatic rings. The highest BCUT2D eigenvalue weighted by atomic mass is 15.1. The lowest BCUT2D eigenvalue weighted by atomic mass is 9.82. The number of anilines is 2. The fourth-order valence-electron chi connectivity index (χ4n) is 6.21. The van der Waals surface area contributed by atoms with Crippen molar-refractivity contribution < 1.29 is 4.99 Å². The van der Waals surface area contributed by atoms with Gasteiger partial charge in [0.2, 0.25) is 5.71 Å². The summed E-state index contributed by atoms with van der Waals surface area (Å²) in [5.74, 6) is 0.654. The molecule has 4 rings (SSSR count). The maximum atomic E-state index is 3.80. The average molecular weight is 563 g/mol. The van der Waals surface area contributed by atoms with E-state index in [-0.39, 0.29) is 0 Å². The summed E-state index contributed by atoms with van der Waals surface area (Å²) < 4.78 is 0. The number of hydrogen-bond acceptors (Lipinski definition) is 2. The molecule has 0 aromatic heterocycles. The Morgan fingerprint density at radius 3 is 1.98 bits per heavy atom. The van der Waals surface area contributed by atoms with Gasteiger partial charge in [-0.25, -0.2) is 4.99 Å². The number of rotatable bonds is 13. The van der Waals surface area contributed by atoms with Crippen molar-refractivity contribution in [3.8, 4) is 0 Å². The van der Waals surface area contributed by atoms with Crippen LogP contribution in [0.4, 0.5) is 11.4 Å². The molecule has 1 unspecified atom stereocenters. The van der Waals surface area contributed by atoms with Crippen LogP contribution in [0.15, 0.2) is 78.9 Å². The SMILES string of the molecule is CCCCC(C)C[NH+]=C1C=C/C(=C(\c2ccc(N(CC)CC)cc2)c2ccc(N(CC)CC)cc2C)c2ccccc21. The molecule has 0 bridgehead atoms. The molecule has 0 spiro atoms. The van der Waals surface area contributed by atoms with E-state index in [4.69, 9.17) is 0 Å². The third-order valence-electron chi connectivity index (χ3n) is 8.78. The molecule has 0 aliphatic heterocycles. The lowest BCUT2D eigenvalue weighted by Crippen LogP contribution is -2.74. The van der Waals surface area contributed by atoms with Crippen molar-refractivity contribution in [1.29, 1.82) is 0 Å². The van der Waals surface area contributed by atoms with Gasteiger partial charge in [0.05, 0.1) is 5.56 Å². The maximum Gasteiger partial charge on any atom is 0.206 e. The van der Waals surface area contributed by atoms with Gasteiger partial charge in [0.15, 0.2) is 0 Å². The zero-order chi connectivity index (χ0) is 30.1. The van der Waals surface area contributed by atoms with E-state index in [9.17, 15) is 0 Å². The highest BCUT2D eigenvalue weighted by Crippen LogP contribution is 2.39. The molecule has 3 aromatic carbocycles. The molecule has 0 fully saturated rings. The Kier molecular flexibility index (Phi) is 11.2. The first-order valence-corrected chi connectivity index (χ1v) is 16.3. The number of hydrogen-bond donors (Lipinski definition) is 1. The third kappa shape index (κ3) is 7.06. The van der Waals surface area contributed by atoms with Crippen LogP contribution in [0.1, 0.15) is 88.6 Å². The molecular weight excluding hydrogens is 510 g/mol. The summed E-state index contributed by atoms with van der Waals surface area (Å²) in [6.45, 7) is 20.8. The van der Waals surface area contributed by atoms with Crippen LogP contribution in [-0.2, 0) is 0 Å². The van der Waals surface area contributed by atoms with E-state index >= 15 is 0 Å². The van der Waals surface area contributed by atoms with Crippen LogP contribution in [0.5, 0.6) is 0 Å². The molecular formula is C39H52N3+. The minimum atomic E-state index is 0.654. The van der Waals surface area contributed by atoms with Gasteiger partial charge in [0.1, 0.15) is 6.54 Å². The molecule has 3 nitrogen and oxygen atoms in total. The molecule has 0 amide bonds. The predicted octanol–water partition coefficient (Wildman–Crippen LogP) is 7.91. The van der Waals surface area contributed by atoms with Gasteiger partial charge in [-0.1, -0.05) is 63.1 Å². The molecule has 1 aliphatic carbocycles. The molecule has 1 N–H and O–H groups in total. The molecule has 1 atom stereocenters. The van der Waals surface area contributed by atoms with Gasteiger partial charge in [0.25, 0.3) is 0 Å². The van der Waals surface area contributed by atoms with E-state index in [1.165, 1.54) is 75.3 Å². The second-order valence-electron chi connectivity index (χ2n) is 11.6. The minimum Gasteiger partial charge on any atom is -0.372 e. The van der Waals surface area contributed by atoms with Gasteiger partial charge in [0, 0.05) is 49.5 Å². The van der Waals surface area contributed by atoms with E-state index in [1.54, 1.807) is 0 Å². The summed E-state index contributed by atoms with van der Waals surface area (Å²) in [5, 5.41) is 0. The first kappa shape index (κ1) is 31.3. The topological polar surface area (TPSA) is 20.5 Å². The predicted molar refractivity (Wildman–Crippen MR) is 185 cm³/mol. The molecule has 0 heterocycles. The molecule has 0 radical (unpaired) electrons. The van der Waals surface area contributed by atoms with Gasteiger partial charge in [-0.15, -0.1) is 0 Å². The Hall–Kier alpha value is -3.59. The van der Waals surface area contributed by atoms with Crippen LogP contribution < -0.4 is 14.8 Å². The van der Waals surface area contributed by atoms with E-state index < -0.39 is 0 Å². The molecule has 3 heteroatoms. The lowest BCUT2D eigenvalue weighted by molar-refractivity contribution is -0.464. The largest absolute Gasteiger partial charge is 0.372 e. The third-order valence-corrected chi connectivity index (χ3v) is 8.78. The first-order valence-electron chi connectivity index (χ1n) is 16.3. The fraction of sp³-hybridized carbons (Fsp3) is 0.410. The zero-order valence-corrected chi connectivity index (χ0v) is 27.1. The summed E-state index contributed by atoms with van der Waals surface area (Å²) in [6.07, 6.45) is 8.46. The number of aryl methyl sites for hydroxylation is 1. The summed E-state index contributed by atoms with van der Waals surface area (Å²) >= 11 is 0. The Morgan fingerprint density at radius 1 is 0.738 bits per heavy atom. The number of nitrogens with zero attached hydrogens (tertiary/aromatic N) is 2. The molecule has 42 heavy (non-hydrogen) atoms. The van der Waals surface area contributed by atoms with Crippen molar-refractivity contribution in [3.05, 3.63) is 107 Å². The van der Waals surface area contributed by atoms with Crippen molar-refractivity contribution in [3.63, 3.8) is 0 Å². The van der Waals surface area contributed by atoms with E-state index in [1.807, 2.05) is 0 Å². The van der Waals surface area contributed by atoms with Crippen molar-refractivity contribution in [2.75, 3.05) is 42.5 Å². The van der Waals surface area contributed by atoms with E-state index in [0.29, 0.717) is 5.92 Å². The summed E-state index contributed by atoms with van der Waals surface area (Å²) in [7, 11) is 0. The van der Waals surface area contributed by atoms with Gasteiger partial charge >= 0.3 is 0 Å². The van der Waals surface area contributed by atoms with Gasteiger partial charge < -0.3 is 9.80 Å². The summed E-state index contributed by atoms with van der Waals surface area (Å²) in [4.78, 5) is 8.63. The highest BCUT2D eigenvalue weighted by molar-refractivity contribution is 6.17. The molecule has 1 aliphatic rings. The molecule has 0 saturated heterocycles. The lowest BCUT2D eigenvalue weighted by Gasteiger charge is -2.25. The number of unbranched alkanes of at least 4 members (excludes halogenated alkanes) is 1. The van der Waals surface area contributed by atoms with Crippen molar-refractivity contribution in [2.24, 2.45) is 5.92 Å². The normalized spacial score (nSPS) is 15.5.